The van der Waals surface area contributed by atoms with Crippen molar-refractivity contribution in [3.63, 3.8) is 0 Å². The average molecular weight is 408 g/mol. The van der Waals surface area contributed by atoms with Gasteiger partial charge in [0.2, 0.25) is 0 Å². The van der Waals surface area contributed by atoms with E-state index < -0.39 is 30.5 Å². The maximum atomic E-state index is 13.9. The normalized spacial score (nSPS) is 28.9. The Morgan fingerprint density at radius 1 is 1.04 bits per heavy atom. The smallest absolute Gasteiger partial charge is 0.403 e. The van der Waals surface area contributed by atoms with Gasteiger partial charge < -0.3 is 23.7 Å². The molecule has 2 saturated heterocycles. The summed E-state index contributed by atoms with van der Waals surface area (Å²) >= 11 is 0. The number of ether oxygens (including phenoxy) is 5. The summed E-state index contributed by atoms with van der Waals surface area (Å²) in [4.78, 5) is 0. The first-order valence-electron chi connectivity index (χ1n) is 9.37. The molecular weight excluding hydrogens is 384 g/mol. The zero-order chi connectivity index (χ0) is 20.1. The second-order valence-corrected chi connectivity index (χ2v) is 7.04. The molecule has 0 N–H and O–H groups in total. The van der Waals surface area contributed by atoms with Crippen LogP contribution in [0.1, 0.15) is 38.0 Å². The summed E-state index contributed by atoms with van der Waals surface area (Å²) in [6.45, 7) is 3.96. The largest absolute Gasteiger partial charge is 0.573 e. The van der Waals surface area contributed by atoms with Crippen molar-refractivity contribution in [2.45, 2.75) is 45.1 Å². The van der Waals surface area contributed by atoms with E-state index in [-0.39, 0.29) is 24.7 Å². The highest BCUT2D eigenvalue weighted by molar-refractivity contribution is 5.30. The van der Waals surface area contributed by atoms with E-state index in [1.807, 2.05) is 0 Å². The van der Waals surface area contributed by atoms with Gasteiger partial charge in [0.25, 0.3) is 0 Å². The van der Waals surface area contributed by atoms with E-state index in [0.717, 1.165) is 31.4 Å². The van der Waals surface area contributed by atoms with Crippen LogP contribution in [0.5, 0.6) is 5.75 Å². The van der Waals surface area contributed by atoms with Gasteiger partial charge in [-0.2, -0.15) is 0 Å². The maximum absolute atomic E-state index is 13.9. The molecule has 0 spiro atoms. The van der Waals surface area contributed by atoms with Gasteiger partial charge in [-0.25, -0.2) is 4.39 Å². The highest BCUT2D eigenvalue weighted by Gasteiger charge is 2.35. The molecule has 0 radical (unpaired) electrons. The van der Waals surface area contributed by atoms with Gasteiger partial charge in [0.15, 0.2) is 24.1 Å². The van der Waals surface area contributed by atoms with Crippen molar-refractivity contribution < 1.29 is 41.2 Å². The quantitative estimate of drug-likeness (QED) is 0.646. The summed E-state index contributed by atoms with van der Waals surface area (Å²) in [6, 6.07) is 3.10. The second kappa shape index (κ2) is 9.39. The number of hydrogen-bond donors (Lipinski definition) is 0. The minimum absolute atomic E-state index is 0.124. The van der Waals surface area contributed by atoms with Gasteiger partial charge in [-0.05, 0) is 18.6 Å². The van der Waals surface area contributed by atoms with Crippen molar-refractivity contribution in [2.24, 2.45) is 11.8 Å². The van der Waals surface area contributed by atoms with Gasteiger partial charge in [-0.15, -0.1) is 13.2 Å². The zero-order valence-electron chi connectivity index (χ0n) is 15.5. The topological polar surface area (TPSA) is 46.2 Å². The third kappa shape index (κ3) is 5.79. The van der Waals surface area contributed by atoms with Gasteiger partial charge in [0.1, 0.15) is 0 Å². The molecule has 2 aliphatic rings. The Kier molecular flexibility index (Phi) is 7.14. The molecule has 2 heterocycles. The third-order valence-corrected chi connectivity index (χ3v) is 4.72. The summed E-state index contributed by atoms with van der Waals surface area (Å²) in [5.41, 5.74) is 0.274. The first-order chi connectivity index (χ1) is 13.4. The first-order valence-corrected chi connectivity index (χ1v) is 9.37. The fraction of sp³-hybridized carbons (Fsp3) is 0.684. The number of hydrogen-bond acceptors (Lipinski definition) is 5. The van der Waals surface area contributed by atoms with E-state index in [1.165, 1.54) is 6.07 Å². The monoisotopic (exact) mass is 408 g/mol. The zero-order valence-corrected chi connectivity index (χ0v) is 15.5. The molecule has 0 aliphatic carbocycles. The van der Waals surface area contributed by atoms with Crippen molar-refractivity contribution in [2.75, 3.05) is 26.4 Å². The number of halogens is 4. The van der Waals surface area contributed by atoms with Crippen LogP contribution in [0, 0.1) is 17.7 Å². The predicted octanol–water partition coefficient (Wildman–Crippen LogP) is 4.57. The average Bonchev–Trinajstić information content (AvgIpc) is 2.67. The molecule has 0 amide bonds. The molecule has 0 unspecified atom stereocenters. The minimum atomic E-state index is -4.96. The molecule has 9 heteroatoms. The van der Waals surface area contributed by atoms with Crippen LogP contribution >= 0.6 is 0 Å². The van der Waals surface area contributed by atoms with E-state index in [0.29, 0.717) is 19.1 Å². The van der Waals surface area contributed by atoms with E-state index in [9.17, 15) is 17.6 Å². The van der Waals surface area contributed by atoms with Crippen LogP contribution in [0.3, 0.4) is 0 Å². The summed E-state index contributed by atoms with van der Waals surface area (Å²) in [6.07, 6.45) is -2.89. The Balaban J connectivity index is 1.48. The molecule has 28 heavy (non-hydrogen) atoms. The van der Waals surface area contributed by atoms with Crippen molar-refractivity contribution in [1.82, 2.24) is 0 Å². The van der Waals surface area contributed by atoms with Gasteiger partial charge in [0.05, 0.1) is 32.3 Å². The standard InChI is InChI=1S/C19H24F4O5/c1-2-3-4-12-8-24-18(25-9-12)14-10-26-17(27-11-14)13-5-6-16(15(20)7-13)28-19(21,22)23/h5-7,12,14,17-18H,2-4,8-11H2,1H3/t12-,14-,17-,18-. The SMILES string of the molecule is CCCC[C@H]1CO[C@H]([C@H]2CO[C@H](c3ccc(OC(F)(F)F)c(F)c3)OC2)OC1. The van der Waals surface area contributed by atoms with Crippen LogP contribution < -0.4 is 4.74 Å². The predicted molar refractivity (Wildman–Crippen MR) is 89.9 cm³/mol. The summed E-state index contributed by atoms with van der Waals surface area (Å²) < 4.78 is 76.9. The Hall–Kier alpha value is -1.42. The molecule has 0 atom stereocenters. The molecule has 5 nitrogen and oxygen atoms in total. The van der Waals surface area contributed by atoms with Gasteiger partial charge in [0, 0.05) is 11.5 Å². The molecule has 1 aromatic rings. The Morgan fingerprint density at radius 2 is 1.71 bits per heavy atom. The number of unbranched alkanes of at least 4 members (excludes halogenated alkanes) is 1. The minimum Gasteiger partial charge on any atom is -0.403 e. The van der Waals surface area contributed by atoms with Crippen molar-refractivity contribution in [3.05, 3.63) is 29.6 Å². The lowest BCUT2D eigenvalue weighted by molar-refractivity contribution is -0.283. The van der Waals surface area contributed by atoms with Gasteiger partial charge >= 0.3 is 6.36 Å². The molecule has 3 rings (SSSR count). The Labute approximate surface area is 160 Å². The van der Waals surface area contributed by atoms with Crippen LogP contribution in [-0.4, -0.2) is 39.1 Å². The van der Waals surface area contributed by atoms with Gasteiger partial charge in [-0.1, -0.05) is 25.8 Å². The van der Waals surface area contributed by atoms with Crippen molar-refractivity contribution >= 4 is 0 Å². The number of alkyl halides is 3. The lowest BCUT2D eigenvalue weighted by Crippen LogP contribution is -2.43. The highest BCUT2D eigenvalue weighted by Crippen LogP contribution is 2.32. The Bertz CT molecular complexity index is 623. The third-order valence-electron chi connectivity index (χ3n) is 4.72. The van der Waals surface area contributed by atoms with Crippen LogP contribution in [0.2, 0.25) is 0 Å². The van der Waals surface area contributed by atoms with E-state index in [2.05, 4.69) is 11.7 Å². The van der Waals surface area contributed by atoms with Gasteiger partial charge in [-0.3, -0.25) is 0 Å². The van der Waals surface area contributed by atoms with Crippen molar-refractivity contribution in [1.29, 1.82) is 0 Å². The molecule has 2 aliphatic heterocycles. The van der Waals surface area contributed by atoms with Crippen molar-refractivity contribution in [3.8, 4) is 5.75 Å². The second-order valence-electron chi connectivity index (χ2n) is 7.04. The highest BCUT2D eigenvalue weighted by atomic mass is 19.4. The molecule has 0 saturated carbocycles. The molecular formula is C19H24F4O5. The maximum Gasteiger partial charge on any atom is 0.573 e. The van der Waals surface area contributed by atoms with Crippen LogP contribution in [0.4, 0.5) is 17.6 Å². The fourth-order valence-corrected chi connectivity index (χ4v) is 3.23. The fourth-order valence-electron chi connectivity index (χ4n) is 3.23. The lowest BCUT2D eigenvalue weighted by atomic mass is 10.0. The first kappa shape index (κ1) is 21.3. The molecule has 158 valence electrons. The number of rotatable bonds is 6. The van der Waals surface area contributed by atoms with E-state index >= 15 is 0 Å². The van der Waals surface area contributed by atoms with Crippen LogP contribution in [0.15, 0.2) is 18.2 Å². The molecule has 0 bridgehead atoms. The summed E-state index contributed by atoms with van der Waals surface area (Å²) in [5.74, 6) is -1.76. The molecule has 2 fully saturated rings. The molecule has 0 aromatic heterocycles. The van der Waals surface area contributed by atoms with Crippen LogP contribution in [-0.2, 0) is 18.9 Å². The van der Waals surface area contributed by atoms with Crippen LogP contribution in [0.25, 0.3) is 0 Å². The van der Waals surface area contributed by atoms with E-state index in [1.54, 1.807) is 0 Å². The summed E-state index contributed by atoms with van der Waals surface area (Å²) in [5, 5.41) is 0. The number of benzene rings is 1. The summed E-state index contributed by atoms with van der Waals surface area (Å²) in [7, 11) is 0. The lowest BCUT2D eigenvalue weighted by Gasteiger charge is -2.37. The molecule has 1 aromatic carbocycles. The van der Waals surface area contributed by atoms with E-state index in [4.69, 9.17) is 18.9 Å². The Morgan fingerprint density at radius 3 is 2.29 bits per heavy atom.